The molecular weight excluding hydrogens is 291 g/mol. The van der Waals surface area contributed by atoms with Gasteiger partial charge in [-0.05, 0) is 51.4 Å². The van der Waals surface area contributed by atoms with E-state index in [-0.39, 0.29) is 12.4 Å². The van der Waals surface area contributed by atoms with Crippen LogP contribution in [0.3, 0.4) is 0 Å². The highest BCUT2D eigenvalue weighted by Gasteiger charge is 2.21. The van der Waals surface area contributed by atoms with Crippen LogP contribution in [0.2, 0.25) is 5.02 Å². The van der Waals surface area contributed by atoms with Crippen LogP contribution in [0.5, 0.6) is 0 Å². The summed E-state index contributed by atoms with van der Waals surface area (Å²) in [4.78, 5) is 2.25. The molecule has 0 aliphatic carbocycles. The molecule has 3 nitrogen and oxygen atoms in total. The van der Waals surface area contributed by atoms with Gasteiger partial charge in [0.05, 0.1) is 0 Å². The molecule has 1 aromatic rings. The third-order valence-corrected chi connectivity index (χ3v) is 4.47. The van der Waals surface area contributed by atoms with E-state index in [4.69, 9.17) is 16.7 Å². The molecule has 0 bridgehead atoms. The van der Waals surface area contributed by atoms with E-state index in [1.807, 2.05) is 0 Å². The van der Waals surface area contributed by atoms with Gasteiger partial charge >= 0.3 is 0 Å². The molecule has 1 saturated heterocycles. The summed E-state index contributed by atoms with van der Waals surface area (Å²) in [5.41, 5.74) is 0.597. The standard InChI is InChI=1S/C16H24ClFN2O/c1-12(7-10-21)19-13-5-8-20(9-6-13)11-14-15(17)3-2-4-16(14)18/h2-4,12-13,19,21H,5-11H2,1H3/t12-/m1/s1. The van der Waals surface area contributed by atoms with Gasteiger partial charge in [0.2, 0.25) is 0 Å². The predicted octanol–water partition coefficient (Wildman–Crippen LogP) is 2.80. The third kappa shape index (κ3) is 4.92. The first-order valence-electron chi connectivity index (χ1n) is 7.62. The molecule has 5 heteroatoms. The van der Waals surface area contributed by atoms with Crippen molar-refractivity contribution in [2.24, 2.45) is 0 Å². The Morgan fingerprint density at radius 1 is 1.43 bits per heavy atom. The largest absolute Gasteiger partial charge is 0.396 e. The Bertz CT molecular complexity index is 430. The Hall–Kier alpha value is -0.680. The number of piperidine rings is 1. The van der Waals surface area contributed by atoms with Crippen LogP contribution in [0.4, 0.5) is 4.39 Å². The molecule has 118 valence electrons. The van der Waals surface area contributed by atoms with Gasteiger partial charge < -0.3 is 10.4 Å². The van der Waals surface area contributed by atoms with Gasteiger partial charge in [-0.3, -0.25) is 4.90 Å². The number of likely N-dealkylation sites (tertiary alicyclic amines) is 1. The summed E-state index contributed by atoms with van der Waals surface area (Å²) in [5.74, 6) is -0.223. The maximum Gasteiger partial charge on any atom is 0.129 e. The van der Waals surface area contributed by atoms with Crippen LogP contribution < -0.4 is 5.32 Å². The normalized spacial score (nSPS) is 18.9. The fourth-order valence-electron chi connectivity index (χ4n) is 2.84. The number of hydrogen-bond acceptors (Lipinski definition) is 3. The molecule has 0 amide bonds. The molecule has 1 fully saturated rings. The SMILES string of the molecule is C[C@H](CCO)NC1CCN(Cc2c(F)cccc2Cl)CC1. The van der Waals surface area contributed by atoms with Crippen LogP contribution in [0.1, 0.15) is 31.7 Å². The van der Waals surface area contributed by atoms with Crippen molar-refractivity contribution in [3.8, 4) is 0 Å². The first-order valence-corrected chi connectivity index (χ1v) is 8.00. The lowest BCUT2D eigenvalue weighted by Gasteiger charge is -2.34. The summed E-state index contributed by atoms with van der Waals surface area (Å²) in [7, 11) is 0. The van der Waals surface area contributed by atoms with Crippen molar-refractivity contribution in [2.75, 3.05) is 19.7 Å². The van der Waals surface area contributed by atoms with Gasteiger partial charge in [-0.15, -0.1) is 0 Å². The molecule has 0 spiro atoms. The van der Waals surface area contributed by atoms with Crippen LogP contribution in [-0.4, -0.2) is 41.8 Å². The van der Waals surface area contributed by atoms with Gasteiger partial charge in [0.1, 0.15) is 5.82 Å². The highest BCUT2D eigenvalue weighted by Crippen LogP contribution is 2.22. The van der Waals surface area contributed by atoms with Gasteiger partial charge in [0.15, 0.2) is 0 Å². The summed E-state index contributed by atoms with van der Waals surface area (Å²) in [6, 6.07) is 5.67. The molecule has 1 aromatic carbocycles. The van der Waals surface area contributed by atoms with Crippen molar-refractivity contribution >= 4 is 11.6 Å². The van der Waals surface area contributed by atoms with Gasteiger partial charge in [0, 0.05) is 35.8 Å². The minimum absolute atomic E-state index is 0.221. The minimum atomic E-state index is -0.223. The zero-order valence-corrected chi connectivity index (χ0v) is 13.2. The summed E-state index contributed by atoms with van der Waals surface area (Å²) >= 11 is 6.08. The number of hydrogen-bond donors (Lipinski definition) is 2. The van der Waals surface area contributed by atoms with Crippen molar-refractivity contribution in [2.45, 2.75) is 44.8 Å². The molecule has 1 aliphatic heterocycles. The van der Waals surface area contributed by atoms with Crippen LogP contribution in [0.25, 0.3) is 0 Å². The van der Waals surface area contributed by atoms with E-state index in [2.05, 4.69) is 17.1 Å². The second kappa shape index (κ2) is 8.08. The topological polar surface area (TPSA) is 35.5 Å². The van der Waals surface area contributed by atoms with E-state index in [9.17, 15) is 4.39 Å². The number of benzene rings is 1. The third-order valence-electron chi connectivity index (χ3n) is 4.11. The zero-order chi connectivity index (χ0) is 15.2. The molecule has 0 saturated carbocycles. The maximum atomic E-state index is 13.8. The minimum Gasteiger partial charge on any atom is -0.396 e. The number of nitrogens with one attached hydrogen (secondary N) is 1. The molecule has 2 N–H and O–H groups in total. The fourth-order valence-corrected chi connectivity index (χ4v) is 3.07. The number of aliphatic hydroxyl groups excluding tert-OH is 1. The number of nitrogens with zero attached hydrogens (tertiary/aromatic N) is 1. The molecule has 21 heavy (non-hydrogen) atoms. The van der Waals surface area contributed by atoms with Gasteiger partial charge in [0.25, 0.3) is 0 Å². The zero-order valence-electron chi connectivity index (χ0n) is 12.5. The number of aliphatic hydroxyl groups is 1. The van der Waals surface area contributed by atoms with Gasteiger partial charge in [-0.2, -0.15) is 0 Å². The second-order valence-corrected chi connectivity index (χ2v) is 6.24. The lowest BCUT2D eigenvalue weighted by molar-refractivity contribution is 0.178. The molecular formula is C16H24ClFN2O. The van der Waals surface area contributed by atoms with Crippen molar-refractivity contribution in [1.82, 2.24) is 10.2 Å². The first-order chi connectivity index (χ1) is 10.1. The number of rotatable bonds is 6. The van der Waals surface area contributed by atoms with Crippen molar-refractivity contribution < 1.29 is 9.50 Å². The van der Waals surface area contributed by atoms with Crippen LogP contribution in [0.15, 0.2) is 18.2 Å². The van der Waals surface area contributed by atoms with Crippen LogP contribution in [0, 0.1) is 5.82 Å². The molecule has 0 radical (unpaired) electrons. The van der Waals surface area contributed by atoms with E-state index < -0.39 is 0 Å². The van der Waals surface area contributed by atoms with E-state index >= 15 is 0 Å². The summed E-state index contributed by atoms with van der Waals surface area (Å²) < 4.78 is 13.8. The van der Waals surface area contributed by atoms with Crippen LogP contribution in [-0.2, 0) is 6.54 Å². The molecule has 0 aromatic heterocycles. The molecule has 0 unspecified atom stereocenters. The van der Waals surface area contributed by atoms with E-state index in [1.54, 1.807) is 12.1 Å². The quantitative estimate of drug-likeness (QED) is 0.847. The molecule has 1 atom stereocenters. The Balaban J connectivity index is 1.82. The molecule has 1 aliphatic rings. The molecule has 2 rings (SSSR count). The lowest BCUT2D eigenvalue weighted by atomic mass is 10.0. The highest BCUT2D eigenvalue weighted by molar-refractivity contribution is 6.31. The first kappa shape index (κ1) is 16.7. The van der Waals surface area contributed by atoms with Crippen molar-refractivity contribution in [3.63, 3.8) is 0 Å². The highest BCUT2D eigenvalue weighted by atomic mass is 35.5. The van der Waals surface area contributed by atoms with Gasteiger partial charge in [-0.1, -0.05) is 17.7 Å². The number of halogens is 2. The second-order valence-electron chi connectivity index (χ2n) is 5.83. The average Bonchev–Trinajstić information content (AvgIpc) is 2.45. The van der Waals surface area contributed by atoms with Crippen LogP contribution >= 0.6 is 11.6 Å². The van der Waals surface area contributed by atoms with Crippen molar-refractivity contribution in [1.29, 1.82) is 0 Å². The van der Waals surface area contributed by atoms with Crippen molar-refractivity contribution in [3.05, 3.63) is 34.6 Å². The van der Waals surface area contributed by atoms with E-state index in [0.717, 1.165) is 32.4 Å². The average molecular weight is 315 g/mol. The summed E-state index contributed by atoms with van der Waals surface area (Å²) in [6.07, 6.45) is 2.87. The Kier molecular flexibility index (Phi) is 6.42. The molecule has 1 heterocycles. The van der Waals surface area contributed by atoms with E-state index in [0.29, 0.717) is 29.2 Å². The smallest absolute Gasteiger partial charge is 0.129 e. The monoisotopic (exact) mass is 314 g/mol. The lowest BCUT2D eigenvalue weighted by Crippen LogP contribution is -2.45. The summed E-state index contributed by atoms with van der Waals surface area (Å²) in [5, 5.41) is 13.0. The maximum absolute atomic E-state index is 13.8. The Labute approximate surface area is 131 Å². The van der Waals surface area contributed by atoms with E-state index in [1.165, 1.54) is 6.07 Å². The van der Waals surface area contributed by atoms with Gasteiger partial charge in [-0.25, -0.2) is 4.39 Å². The fraction of sp³-hybridized carbons (Fsp3) is 0.625. The summed E-state index contributed by atoms with van der Waals surface area (Å²) in [6.45, 7) is 4.77. The predicted molar refractivity (Wildman–Crippen MR) is 84.0 cm³/mol. The Morgan fingerprint density at radius 3 is 2.76 bits per heavy atom. The Morgan fingerprint density at radius 2 is 2.14 bits per heavy atom.